The zero-order valence-electron chi connectivity index (χ0n) is 10.9. The van der Waals surface area contributed by atoms with E-state index in [4.69, 9.17) is 15.7 Å². The summed E-state index contributed by atoms with van der Waals surface area (Å²) in [5, 5.41) is 22.5. The van der Waals surface area contributed by atoms with Gasteiger partial charge in [0.1, 0.15) is 12.0 Å². The van der Waals surface area contributed by atoms with Crippen molar-refractivity contribution in [2.45, 2.75) is 12.5 Å². The molecule has 0 radical (unpaired) electrons. The second-order valence-corrected chi connectivity index (χ2v) is 4.44. The molecule has 0 spiro atoms. The molecule has 3 N–H and O–H groups in total. The quantitative estimate of drug-likeness (QED) is 0.267. The fraction of sp³-hybridized carbons (Fsp3) is 0.455. The molecule has 20 heavy (non-hydrogen) atoms. The number of hydrogen-bond donors (Lipinski definition) is 2. The van der Waals surface area contributed by atoms with Gasteiger partial charge in [-0.1, -0.05) is 5.16 Å². The summed E-state index contributed by atoms with van der Waals surface area (Å²) in [6.45, 7) is 1.20. The van der Waals surface area contributed by atoms with Crippen molar-refractivity contribution in [2.75, 3.05) is 25.2 Å². The molecule has 1 saturated heterocycles. The smallest absolute Gasteiger partial charge is 0.288 e. The molecule has 0 aromatic carbocycles. The number of likely N-dealkylation sites (N-methyl/N-ethyl adjacent to an activating group) is 1. The Bertz CT molecular complexity index is 542. The normalized spacial score (nSPS) is 19.1. The standard InChI is InChI=1S/C11H15N5O4/c1-15(7-2-3-20-6-7)11-9(10(12)14-17)4-8(5-13-11)16(18)19/h4-5,7,17H,2-3,6H2,1H3,(H2,12,14). The van der Waals surface area contributed by atoms with Crippen molar-refractivity contribution in [1.82, 2.24) is 4.98 Å². The van der Waals surface area contributed by atoms with Gasteiger partial charge in [-0.25, -0.2) is 4.98 Å². The predicted molar refractivity (Wildman–Crippen MR) is 71.0 cm³/mol. The van der Waals surface area contributed by atoms with Gasteiger partial charge in [-0.05, 0) is 6.42 Å². The fourth-order valence-corrected chi connectivity index (χ4v) is 2.07. The van der Waals surface area contributed by atoms with E-state index in [0.29, 0.717) is 19.0 Å². The molecule has 1 atom stereocenters. The van der Waals surface area contributed by atoms with Crippen LogP contribution in [0.1, 0.15) is 12.0 Å². The molecule has 0 amide bonds. The molecule has 1 aromatic heterocycles. The molecule has 2 rings (SSSR count). The van der Waals surface area contributed by atoms with Gasteiger partial charge in [0.15, 0.2) is 5.84 Å². The van der Waals surface area contributed by atoms with Crippen molar-refractivity contribution in [3.63, 3.8) is 0 Å². The number of nitro groups is 1. The highest BCUT2D eigenvalue weighted by molar-refractivity contribution is 6.01. The van der Waals surface area contributed by atoms with Crippen LogP contribution in [0.5, 0.6) is 0 Å². The minimum atomic E-state index is -0.580. The number of aromatic nitrogens is 1. The second-order valence-electron chi connectivity index (χ2n) is 4.44. The maximum Gasteiger partial charge on any atom is 0.288 e. The summed E-state index contributed by atoms with van der Waals surface area (Å²) in [5.41, 5.74) is 5.58. The van der Waals surface area contributed by atoms with Crippen molar-refractivity contribution in [3.05, 3.63) is 27.9 Å². The van der Waals surface area contributed by atoms with E-state index in [2.05, 4.69) is 10.1 Å². The number of pyridine rings is 1. The second kappa shape index (κ2) is 5.70. The monoisotopic (exact) mass is 281 g/mol. The lowest BCUT2D eigenvalue weighted by Gasteiger charge is -2.25. The average Bonchev–Trinajstić information content (AvgIpc) is 2.99. The third-order valence-electron chi connectivity index (χ3n) is 3.23. The maximum atomic E-state index is 10.8. The van der Waals surface area contributed by atoms with E-state index < -0.39 is 4.92 Å². The van der Waals surface area contributed by atoms with Crippen LogP contribution in [0.2, 0.25) is 0 Å². The van der Waals surface area contributed by atoms with Crippen LogP contribution in [0.4, 0.5) is 11.5 Å². The molecule has 0 saturated carbocycles. The van der Waals surface area contributed by atoms with E-state index in [1.54, 1.807) is 7.05 Å². The Morgan fingerprint density at radius 3 is 3.05 bits per heavy atom. The van der Waals surface area contributed by atoms with E-state index in [0.717, 1.165) is 12.6 Å². The molecular weight excluding hydrogens is 266 g/mol. The van der Waals surface area contributed by atoms with Gasteiger partial charge in [0.05, 0.1) is 23.1 Å². The fourth-order valence-electron chi connectivity index (χ4n) is 2.07. The van der Waals surface area contributed by atoms with Gasteiger partial charge in [-0.2, -0.15) is 0 Å². The molecule has 2 heterocycles. The summed E-state index contributed by atoms with van der Waals surface area (Å²) < 4.78 is 5.30. The number of nitrogens with zero attached hydrogens (tertiary/aromatic N) is 4. The third kappa shape index (κ3) is 2.62. The van der Waals surface area contributed by atoms with E-state index in [9.17, 15) is 10.1 Å². The first kappa shape index (κ1) is 14.0. The molecule has 1 aliphatic heterocycles. The molecule has 1 unspecified atom stereocenters. The molecule has 1 fully saturated rings. The van der Waals surface area contributed by atoms with Crippen LogP contribution < -0.4 is 10.6 Å². The zero-order chi connectivity index (χ0) is 14.7. The Morgan fingerprint density at radius 1 is 1.75 bits per heavy atom. The van der Waals surface area contributed by atoms with Crippen molar-refractivity contribution in [1.29, 1.82) is 0 Å². The molecule has 9 nitrogen and oxygen atoms in total. The van der Waals surface area contributed by atoms with Crippen LogP contribution in [0.3, 0.4) is 0 Å². The molecular formula is C11H15N5O4. The van der Waals surface area contributed by atoms with Crippen molar-refractivity contribution >= 4 is 17.3 Å². The summed E-state index contributed by atoms with van der Waals surface area (Å²) in [4.78, 5) is 16.1. The van der Waals surface area contributed by atoms with Gasteiger partial charge in [0, 0.05) is 19.7 Å². The summed E-state index contributed by atoms with van der Waals surface area (Å²) in [5.74, 6) is 0.198. The van der Waals surface area contributed by atoms with Gasteiger partial charge in [-0.15, -0.1) is 0 Å². The first-order valence-electron chi connectivity index (χ1n) is 5.97. The highest BCUT2D eigenvalue weighted by Gasteiger charge is 2.25. The number of nitrogens with two attached hydrogens (primary N) is 1. The molecule has 108 valence electrons. The lowest BCUT2D eigenvalue weighted by Crippen LogP contribution is -2.34. The summed E-state index contributed by atoms with van der Waals surface area (Å²) in [6, 6.07) is 1.35. The van der Waals surface area contributed by atoms with Crippen LogP contribution in [0.25, 0.3) is 0 Å². The number of ether oxygens (including phenoxy) is 1. The Hall–Kier alpha value is -2.42. The van der Waals surface area contributed by atoms with E-state index in [-0.39, 0.29) is 23.1 Å². The van der Waals surface area contributed by atoms with Gasteiger partial charge in [0.25, 0.3) is 5.69 Å². The van der Waals surface area contributed by atoms with Crippen LogP contribution >= 0.6 is 0 Å². The van der Waals surface area contributed by atoms with Gasteiger partial charge in [0.2, 0.25) is 0 Å². The third-order valence-corrected chi connectivity index (χ3v) is 3.23. The number of hydrogen-bond acceptors (Lipinski definition) is 7. The number of anilines is 1. The Balaban J connectivity index is 2.43. The molecule has 0 aliphatic carbocycles. The Labute approximate surface area is 114 Å². The molecule has 0 bridgehead atoms. The van der Waals surface area contributed by atoms with Crippen LogP contribution in [-0.4, -0.2) is 47.3 Å². The summed E-state index contributed by atoms with van der Waals surface area (Å²) >= 11 is 0. The number of oxime groups is 1. The van der Waals surface area contributed by atoms with Crippen molar-refractivity contribution in [3.8, 4) is 0 Å². The maximum absolute atomic E-state index is 10.8. The van der Waals surface area contributed by atoms with Crippen LogP contribution in [-0.2, 0) is 4.74 Å². The average molecular weight is 281 g/mol. The lowest BCUT2D eigenvalue weighted by atomic mass is 10.1. The largest absolute Gasteiger partial charge is 0.409 e. The minimum Gasteiger partial charge on any atom is -0.409 e. The van der Waals surface area contributed by atoms with E-state index in [1.165, 1.54) is 6.07 Å². The predicted octanol–water partition coefficient (Wildman–Crippen LogP) is 0.309. The highest BCUT2D eigenvalue weighted by Crippen LogP contribution is 2.25. The van der Waals surface area contributed by atoms with Crippen LogP contribution in [0, 0.1) is 10.1 Å². The Morgan fingerprint density at radius 2 is 2.50 bits per heavy atom. The van der Waals surface area contributed by atoms with Crippen molar-refractivity contribution in [2.24, 2.45) is 10.9 Å². The highest BCUT2D eigenvalue weighted by atomic mass is 16.6. The number of rotatable bonds is 4. The van der Waals surface area contributed by atoms with Gasteiger partial charge in [-0.3, -0.25) is 10.1 Å². The SMILES string of the molecule is CN(c1ncc([N+](=O)[O-])cc1C(N)=NO)C1CCOC1. The molecule has 1 aliphatic rings. The number of amidine groups is 1. The van der Waals surface area contributed by atoms with Gasteiger partial charge < -0.3 is 20.6 Å². The first-order valence-corrected chi connectivity index (χ1v) is 5.97. The first-order chi connectivity index (χ1) is 9.54. The molecule has 1 aromatic rings. The van der Waals surface area contributed by atoms with E-state index in [1.807, 2.05) is 4.90 Å². The Kier molecular flexibility index (Phi) is 3.99. The van der Waals surface area contributed by atoms with E-state index >= 15 is 0 Å². The van der Waals surface area contributed by atoms with Crippen LogP contribution in [0.15, 0.2) is 17.4 Å². The topological polar surface area (TPSA) is 127 Å². The van der Waals surface area contributed by atoms with Crippen molar-refractivity contribution < 1.29 is 14.9 Å². The zero-order valence-corrected chi connectivity index (χ0v) is 10.9. The molecule has 9 heteroatoms. The van der Waals surface area contributed by atoms with Gasteiger partial charge >= 0.3 is 0 Å². The summed E-state index contributed by atoms with van der Waals surface area (Å²) in [7, 11) is 1.79. The lowest BCUT2D eigenvalue weighted by molar-refractivity contribution is -0.385. The minimum absolute atomic E-state index is 0.106. The summed E-state index contributed by atoms with van der Waals surface area (Å²) in [6.07, 6.45) is 1.97.